The van der Waals surface area contributed by atoms with Crippen molar-refractivity contribution in [2.45, 2.75) is 252 Å². The van der Waals surface area contributed by atoms with Gasteiger partial charge in [-0.25, -0.2) is 0 Å². The van der Waals surface area contributed by atoms with Gasteiger partial charge >= 0.3 is 0 Å². The smallest absolute Gasteiger partial charge is 0.187 e. The maximum Gasteiger partial charge on any atom is 0.187 e. The van der Waals surface area contributed by atoms with Crippen LogP contribution in [0.1, 0.15) is 117 Å². The molecule has 4 saturated heterocycles. The van der Waals surface area contributed by atoms with E-state index in [9.17, 15) is 71.5 Å². The van der Waals surface area contributed by atoms with Gasteiger partial charge in [0.15, 0.2) is 25.2 Å². The van der Waals surface area contributed by atoms with E-state index in [1.165, 1.54) is 12.8 Å². The van der Waals surface area contributed by atoms with E-state index >= 15 is 0 Å². The Kier molecular flexibility index (Phi) is 30.1. The van der Waals surface area contributed by atoms with E-state index in [0.29, 0.717) is 12.8 Å². The first-order valence-electron chi connectivity index (χ1n) is 26.3. The number of hydrogen-bond acceptors (Lipinski definition) is 24. The van der Waals surface area contributed by atoms with Crippen molar-refractivity contribution in [1.29, 1.82) is 0 Å². The van der Waals surface area contributed by atoms with Crippen LogP contribution in [0.5, 0.6) is 0 Å². The molecule has 4 heterocycles. The van der Waals surface area contributed by atoms with Crippen molar-refractivity contribution < 1.29 is 119 Å². The standard InChI is InChI=1S/C48H90O24/c1-3-5-7-9-11-13-15-17-19-63-31(25-65-45-41(61)37(57)43(29(23-51)69-45)71-47-39(59)35(55)33(53)27(21-49)67-47)32(64-20-18-16-14-12-10-8-6-4-2)26-66-46-42(62)38(58)44(30(24-52)70-46)72-48-40(60)36(56)34(54)28(22-50)68-48/h27-62H,3-26H2,1-2H3/t27-,28-,29-,30-,31-,32-,33-,34-,35+,36+,37-,38-,39-,40-,41-,42-,43-,44-,45-,46-,47+,48+/m1/s1. The maximum absolute atomic E-state index is 11.3. The van der Waals surface area contributed by atoms with E-state index in [1.807, 2.05) is 0 Å². The fourth-order valence-electron chi connectivity index (χ4n) is 9.23. The average molecular weight is 1050 g/mol. The minimum absolute atomic E-state index is 0.233. The summed E-state index contributed by atoms with van der Waals surface area (Å²) < 4.78 is 59.0. The normalized spacial score (nSPS) is 38.5. The molecule has 0 aliphatic carbocycles. The number of hydrogen-bond donors (Lipinski definition) is 14. The Labute approximate surface area is 422 Å². The third-order valence-electron chi connectivity index (χ3n) is 13.8. The summed E-state index contributed by atoms with van der Waals surface area (Å²) in [4.78, 5) is 0. The molecular weight excluding hydrogens is 961 g/mol. The van der Waals surface area contributed by atoms with Crippen molar-refractivity contribution >= 4 is 0 Å². The zero-order chi connectivity index (χ0) is 52.7. The molecule has 72 heavy (non-hydrogen) atoms. The Hall–Kier alpha value is -0.960. The van der Waals surface area contributed by atoms with Gasteiger partial charge in [0.05, 0.1) is 39.6 Å². The Morgan fingerprint density at radius 3 is 0.944 bits per heavy atom. The van der Waals surface area contributed by atoms with Crippen molar-refractivity contribution in [2.24, 2.45) is 0 Å². The summed E-state index contributed by atoms with van der Waals surface area (Å²) in [5.41, 5.74) is 0. The van der Waals surface area contributed by atoms with Gasteiger partial charge in [-0.1, -0.05) is 104 Å². The predicted octanol–water partition coefficient (Wildman–Crippen LogP) is -2.68. The van der Waals surface area contributed by atoms with Crippen LogP contribution in [-0.2, 0) is 47.4 Å². The van der Waals surface area contributed by atoms with Crippen LogP contribution in [0.15, 0.2) is 0 Å². The van der Waals surface area contributed by atoms with Gasteiger partial charge in [0.25, 0.3) is 0 Å². The lowest BCUT2D eigenvalue weighted by molar-refractivity contribution is -0.363. The molecule has 4 aliphatic rings. The van der Waals surface area contributed by atoms with Gasteiger partial charge in [-0.2, -0.15) is 0 Å². The first-order valence-corrected chi connectivity index (χ1v) is 26.3. The molecule has 14 N–H and O–H groups in total. The summed E-state index contributed by atoms with van der Waals surface area (Å²) in [5, 5.41) is 147. The zero-order valence-corrected chi connectivity index (χ0v) is 42.0. The van der Waals surface area contributed by atoms with E-state index in [1.54, 1.807) is 0 Å². The molecule has 0 radical (unpaired) electrons. The van der Waals surface area contributed by atoms with Crippen molar-refractivity contribution in [3.63, 3.8) is 0 Å². The summed E-state index contributed by atoms with van der Waals surface area (Å²) in [6, 6.07) is 0. The number of aliphatic hydroxyl groups is 14. The minimum Gasteiger partial charge on any atom is -0.394 e. The van der Waals surface area contributed by atoms with Crippen molar-refractivity contribution in [2.75, 3.05) is 52.9 Å². The summed E-state index contributed by atoms with van der Waals surface area (Å²) in [5.74, 6) is 0. The third-order valence-corrected chi connectivity index (χ3v) is 13.8. The number of rotatable bonds is 35. The Morgan fingerprint density at radius 2 is 0.625 bits per heavy atom. The van der Waals surface area contributed by atoms with Gasteiger partial charge < -0.3 is 119 Å². The molecule has 0 unspecified atom stereocenters. The van der Waals surface area contributed by atoms with Crippen LogP contribution in [0, 0.1) is 0 Å². The molecular formula is C48H90O24. The molecule has 24 heteroatoms. The van der Waals surface area contributed by atoms with E-state index < -0.39 is 161 Å². The Morgan fingerprint density at radius 1 is 0.333 bits per heavy atom. The lowest BCUT2D eigenvalue weighted by Gasteiger charge is -2.46. The average Bonchev–Trinajstić information content (AvgIpc) is 3.38. The van der Waals surface area contributed by atoms with E-state index in [4.69, 9.17) is 47.4 Å². The van der Waals surface area contributed by atoms with Crippen LogP contribution < -0.4 is 0 Å². The first-order chi connectivity index (χ1) is 34.7. The van der Waals surface area contributed by atoms with E-state index in [2.05, 4.69) is 13.8 Å². The molecule has 4 fully saturated rings. The number of ether oxygens (including phenoxy) is 10. The Balaban J connectivity index is 1.50. The summed E-state index contributed by atoms with van der Waals surface area (Å²) in [7, 11) is 0. The van der Waals surface area contributed by atoms with Gasteiger partial charge in [-0.05, 0) is 12.8 Å². The second kappa shape index (κ2) is 34.0. The largest absolute Gasteiger partial charge is 0.394 e. The summed E-state index contributed by atoms with van der Waals surface area (Å²) >= 11 is 0. The molecule has 0 aromatic rings. The SMILES string of the molecule is CCCCCCCCCCO[C@H](CO[C@@H]1O[C@H](CO)[C@@H](O[C@@H]2O[C@H](CO)[C@@H](O)[C@H](O)[C@H]2O)[C@H](O)[C@H]1O)[C@@H](CO[C@@H]1O[C@H](CO)[C@@H](O[C@@H]2O[C@H](CO)[C@@H](O)[C@H](O)[C@H]2O)[C@H](O)[C@H]1O)OCCCCCCCCCC. The van der Waals surface area contributed by atoms with E-state index in [0.717, 1.165) is 77.0 Å². The highest BCUT2D eigenvalue weighted by Gasteiger charge is 2.53. The van der Waals surface area contributed by atoms with Crippen molar-refractivity contribution in [1.82, 2.24) is 0 Å². The van der Waals surface area contributed by atoms with Crippen LogP contribution in [0.3, 0.4) is 0 Å². The molecule has 0 bridgehead atoms. The number of unbranched alkanes of at least 4 members (excludes halogenated alkanes) is 14. The molecule has 4 aliphatic heterocycles. The Bertz CT molecular complexity index is 1290. The van der Waals surface area contributed by atoms with Crippen molar-refractivity contribution in [3.05, 3.63) is 0 Å². The maximum atomic E-state index is 11.3. The molecule has 0 saturated carbocycles. The molecule has 426 valence electrons. The number of aliphatic hydroxyl groups excluding tert-OH is 14. The van der Waals surface area contributed by atoms with Gasteiger partial charge in [0.2, 0.25) is 0 Å². The fraction of sp³-hybridized carbons (Fsp3) is 1.00. The molecule has 0 spiro atoms. The summed E-state index contributed by atoms with van der Waals surface area (Å²) in [6.07, 6.45) is -19.0. The predicted molar refractivity (Wildman–Crippen MR) is 249 cm³/mol. The molecule has 0 aromatic carbocycles. The second-order valence-corrected chi connectivity index (χ2v) is 19.4. The molecule has 22 atom stereocenters. The molecule has 0 aromatic heterocycles. The minimum atomic E-state index is -1.85. The van der Waals surface area contributed by atoms with Crippen LogP contribution in [-0.4, -0.2) is 259 Å². The monoisotopic (exact) mass is 1050 g/mol. The molecule has 24 nitrogen and oxygen atoms in total. The fourth-order valence-corrected chi connectivity index (χ4v) is 9.23. The van der Waals surface area contributed by atoms with E-state index in [-0.39, 0.29) is 26.4 Å². The van der Waals surface area contributed by atoms with Crippen LogP contribution in [0.25, 0.3) is 0 Å². The van der Waals surface area contributed by atoms with Crippen LogP contribution >= 0.6 is 0 Å². The second-order valence-electron chi connectivity index (χ2n) is 19.4. The van der Waals surface area contributed by atoms with Gasteiger partial charge in [-0.3, -0.25) is 0 Å². The first kappa shape index (κ1) is 63.6. The quantitative estimate of drug-likeness (QED) is 0.0288. The van der Waals surface area contributed by atoms with Gasteiger partial charge in [0.1, 0.15) is 110 Å². The zero-order valence-electron chi connectivity index (χ0n) is 42.0. The molecule has 0 amide bonds. The third kappa shape index (κ3) is 18.6. The van der Waals surface area contributed by atoms with Gasteiger partial charge in [-0.15, -0.1) is 0 Å². The molecule has 4 rings (SSSR count). The topological polar surface area (TPSA) is 376 Å². The summed E-state index contributed by atoms with van der Waals surface area (Å²) in [6.45, 7) is 0.965. The highest BCUT2D eigenvalue weighted by Crippen LogP contribution is 2.32. The van der Waals surface area contributed by atoms with Crippen molar-refractivity contribution in [3.8, 4) is 0 Å². The van der Waals surface area contributed by atoms with Crippen LogP contribution in [0.2, 0.25) is 0 Å². The lowest BCUT2D eigenvalue weighted by atomic mass is 9.97. The van der Waals surface area contributed by atoms with Crippen LogP contribution in [0.4, 0.5) is 0 Å². The van der Waals surface area contributed by atoms with Gasteiger partial charge in [0, 0.05) is 13.2 Å². The highest BCUT2D eigenvalue weighted by molar-refractivity contribution is 4.96. The lowest BCUT2D eigenvalue weighted by Crippen LogP contribution is -2.65. The highest BCUT2D eigenvalue weighted by atomic mass is 16.8.